The van der Waals surface area contributed by atoms with Crippen LogP contribution in [0.1, 0.15) is 39.0 Å². The van der Waals surface area contributed by atoms with Crippen molar-refractivity contribution < 1.29 is 0 Å². The molecule has 2 aliphatic rings. The van der Waals surface area contributed by atoms with E-state index in [2.05, 4.69) is 32.7 Å². The van der Waals surface area contributed by atoms with E-state index in [1.54, 1.807) is 0 Å². The lowest BCUT2D eigenvalue weighted by molar-refractivity contribution is 0.0149. The summed E-state index contributed by atoms with van der Waals surface area (Å²) < 4.78 is 0. The molecule has 2 nitrogen and oxygen atoms in total. The van der Waals surface area contributed by atoms with Crippen LogP contribution in [0.2, 0.25) is 0 Å². The zero-order valence-electron chi connectivity index (χ0n) is 10.5. The lowest BCUT2D eigenvalue weighted by atomic mass is 9.97. The van der Waals surface area contributed by atoms with Crippen LogP contribution in [0, 0.1) is 0 Å². The molecule has 2 heterocycles. The Labute approximate surface area is 108 Å². The molecule has 0 aromatic heterocycles. The largest absolute Gasteiger partial charge is 0.298 e. The van der Waals surface area contributed by atoms with E-state index >= 15 is 0 Å². The van der Waals surface area contributed by atoms with Crippen molar-refractivity contribution in [3.63, 3.8) is 0 Å². The first kappa shape index (κ1) is 12.8. The third kappa shape index (κ3) is 3.21. The van der Waals surface area contributed by atoms with Gasteiger partial charge in [0.05, 0.1) is 0 Å². The zero-order valence-corrected chi connectivity index (χ0v) is 12.1. The molecular weight excluding hydrogens is 264 g/mol. The zero-order chi connectivity index (χ0) is 11.4. The highest BCUT2D eigenvalue weighted by molar-refractivity contribution is 9.09. The fraction of sp³-hybridized carbons (Fsp3) is 1.00. The van der Waals surface area contributed by atoms with Gasteiger partial charge in [0.2, 0.25) is 0 Å². The number of alkyl halides is 1. The molecule has 3 heteroatoms. The van der Waals surface area contributed by atoms with Gasteiger partial charge in [-0.25, -0.2) is 0 Å². The molecule has 0 aromatic carbocycles. The van der Waals surface area contributed by atoms with Crippen molar-refractivity contribution in [2.75, 3.05) is 31.5 Å². The molecule has 0 spiro atoms. The second-order valence-electron chi connectivity index (χ2n) is 5.38. The van der Waals surface area contributed by atoms with Gasteiger partial charge in [0, 0.05) is 30.5 Å². The maximum atomic E-state index is 3.52. The fourth-order valence-electron chi connectivity index (χ4n) is 3.13. The molecule has 0 amide bonds. The van der Waals surface area contributed by atoms with Gasteiger partial charge >= 0.3 is 0 Å². The van der Waals surface area contributed by atoms with Crippen LogP contribution in [0.15, 0.2) is 0 Å². The normalized spacial score (nSPS) is 32.6. The Morgan fingerprint density at radius 3 is 2.88 bits per heavy atom. The standard InChI is InChI=1S/C13H25BrN2/c1-12-10-16-9-4-2-6-13(16)11-15(12)8-5-3-7-14/h12-13H,2-11H2,1H3. The lowest BCUT2D eigenvalue weighted by Gasteiger charge is -2.47. The van der Waals surface area contributed by atoms with Crippen LogP contribution in [0.3, 0.4) is 0 Å². The molecule has 0 N–H and O–H groups in total. The highest BCUT2D eigenvalue weighted by Gasteiger charge is 2.32. The van der Waals surface area contributed by atoms with Crippen LogP contribution in [0.25, 0.3) is 0 Å². The summed E-state index contributed by atoms with van der Waals surface area (Å²) in [5.41, 5.74) is 0. The fourth-order valence-corrected chi connectivity index (χ4v) is 3.53. The Hall–Kier alpha value is 0.400. The molecule has 16 heavy (non-hydrogen) atoms. The predicted octanol–water partition coefficient (Wildman–Crippen LogP) is 2.72. The van der Waals surface area contributed by atoms with Crippen LogP contribution < -0.4 is 0 Å². The molecule has 94 valence electrons. The monoisotopic (exact) mass is 288 g/mol. The van der Waals surface area contributed by atoms with E-state index in [9.17, 15) is 0 Å². The van der Waals surface area contributed by atoms with Crippen molar-refractivity contribution in [2.24, 2.45) is 0 Å². The van der Waals surface area contributed by atoms with Gasteiger partial charge in [-0.05, 0) is 45.7 Å². The lowest BCUT2D eigenvalue weighted by Crippen LogP contribution is -2.58. The van der Waals surface area contributed by atoms with Gasteiger partial charge in [-0.1, -0.05) is 22.4 Å². The molecule has 0 aromatic rings. The summed E-state index contributed by atoms with van der Waals surface area (Å²) in [5, 5.41) is 1.16. The average molecular weight is 289 g/mol. The minimum atomic E-state index is 0.768. The van der Waals surface area contributed by atoms with Crippen LogP contribution in [-0.4, -0.2) is 53.4 Å². The van der Waals surface area contributed by atoms with Crippen LogP contribution >= 0.6 is 15.9 Å². The van der Waals surface area contributed by atoms with E-state index in [0.717, 1.165) is 17.4 Å². The second kappa shape index (κ2) is 6.36. The summed E-state index contributed by atoms with van der Waals surface area (Å²) in [6, 6.07) is 1.64. The molecule has 2 fully saturated rings. The van der Waals surface area contributed by atoms with Gasteiger partial charge in [0.15, 0.2) is 0 Å². The van der Waals surface area contributed by atoms with Crippen molar-refractivity contribution in [1.29, 1.82) is 0 Å². The minimum Gasteiger partial charge on any atom is -0.298 e. The number of halogens is 1. The molecule has 2 unspecified atom stereocenters. The van der Waals surface area contributed by atoms with E-state index in [-0.39, 0.29) is 0 Å². The van der Waals surface area contributed by atoms with Gasteiger partial charge in [-0.2, -0.15) is 0 Å². The Morgan fingerprint density at radius 1 is 1.19 bits per heavy atom. The predicted molar refractivity (Wildman–Crippen MR) is 73.3 cm³/mol. The van der Waals surface area contributed by atoms with Crippen molar-refractivity contribution >= 4 is 15.9 Å². The second-order valence-corrected chi connectivity index (χ2v) is 6.18. The van der Waals surface area contributed by atoms with E-state index in [1.165, 1.54) is 58.3 Å². The van der Waals surface area contributed by atoms with Gasteiger partial charge in [-0.3, -0.25) is 9.80 Å². The van der Waals surface area contributed by atoms with Gasteiger partial charge in [0.25, 0.3) is 0 Å². The van der Waals surface area contributed by atoms with Crippen LogP contribution in [-0.2, 0) is 0 Å². The maximum Gasteiger partial charge on any atom is 0.0223 e. The number of nitrogens with zero attached hydrogens (tertiary/aromatic N) is 2. The van der Waals surface area contributed by atoms with Crippen molar-refractivity contribution in [3.05, 3.63) is 0 Å². The first-order valence-corrected chi connectivity index (χ1v) is 7.97. The van der Waals surface area contributed by atoms with Crippen LogP contribution in [0.5, 0.6) is 0 Å². The van der Waals surface area contributed by atoms with E-state index < -0.39 is 0 Å². The Kier molecular flexibility index (Phi) is 5.11. The summed E-state index contributed by atoms with van der Waals surface area (Å²) in [6.07, 6.45) is 6.97. The number of hydrogen-bond acceptors (Lipinski definition) is 2. The smallest absolute Gasteiger partial charge is 0.0223 e. The molecule has 2 aliphatic heterocycles. The van der Waals surface area contributed by atoms with Gasteiger partial charge < -0.3 is 0 Å². The quantitative estimate of drug-likeness (QED) is 0.580. The summed E-state index contributed by atoms with van der Waals surface area (Å²) in [4.78, 5) is 5.45. The SMILES string of the molecule is CC1CN2CCCCC2CN1CCCCBr. The summed E-state index contributed by atoms with van der Waals surface area (Å²) in [5.74, 6) is 0. The maximum absolute atomic E-state index is 3.52. The highest BCUT2D eigenvalue weighted by atomic mass is 79.9. The number of hydrogen-bond donors (Lipinski definition) is 0. The van der Waals surface area contributed by atoms with Crippen molar-refractivity contribution in [2.45, 2.75) is 51.1 Å². The molecule has 2 rings (SSSR count). The van der Waals surface area contributed by atoms with E-state index in [0.29, 0.717) is 0 Å². The van der Waals surface area contributed by atoms with E-state index in [1.807, 2.05) is 0 Å². The van der Waals surface area contributed by atoms with E-state index in [4.69, 9.17) is 0 Å². The Morgan fingerprint density at radius 2 is 2.06 bits per heavy atom. The summed E-state index contributed by atoms with van der Waals surface area (Å²) in [7, 11) is 0. The number of unbranched alkanes of at least 4 members (excludes halogenated alkanes) is 1. The number of rotatable bonds is 4. The van der Waals surface area contributed by atoms with Crippen LogP contribution in [0.4, 0.5) is 0 Å². The summed E-state index contributed by atoms with van der Waals surface area (Å²) in [6.45, 7) is 7.68. The Balaban J connectivity index is 1.80. The average Bonchev–Trinajstić information content (AvgIpc) is 2.30. The molecule has 0 radical (unpaired) electrons. The highest BCUT2D eigenvalue weighted by Crippen LogP contribution is 2.24. The van der Waals surface area contributed by atoms with Gasteiger partial charge in [-0.15, -0.1) is 0 Å². The minimum absolute atomic E-state index is 0.768. The molecule has 2 saturated heterocycles. The molecule has 0 bridgehead atoms. The first-order valence-electron chi connectivity index (χ1n) is 6.85. The summed E-state index contributed by atoms with van der Waals surface area (Å²) >= 11 is 3.52. The van der Waals surface area contributed by atoms with Gasteiger partial charge in [0.1, 0.15) is 0 Å². The molecule has 2 atom stereocenters. The van der Waals surface area contributed by atoms with Crippen molar-refractivity contribution in [1.82, 2.24) is 9.80 Å². The Bertz CT molecular complexity index is 210. The molecular formula is C13H25BrN2. The molecule has 0 saturated carbocycles. The molecule has 0 aliphatic carbocycles. The third-order valence-electron chi connectivity index (χ3n) is 4.15. The topological polar surface area (TPSA) is 6.48 Å². The number of piperazine rings is 1. The first-order chi connectivity index (χ1) is 7.81. The third-order valence-corrected chi connectivity index (χ3v) is 4.71. The number of piperidine rings is 1. The number of fused-ring (bicyclic) bond motifs is 1. The van der Waals surface area contributed by atoms with Crippen molar-refractivity contribution in [3.8, 4) is 0 Å².